The van der Waals surface area contributed by atoms with Crippen LogP contribution in [0.15, 0.2) is 27.4 Å². The molecule has 2 heterocycles. The smallest absolute Gasteiger partial charge is 0.140 e. The van der Waals surface area contributed by atoms with Gasteiger partial charge in [-0.25, -0.2) is 4.98 Å². The summed E-state index contributed by atoms with van der Waals surface area (Å²) in [5.41, 5.74) is 6.02. The van der Waals surface area contributed by atoms with Crippen LogP contribution in [0.2, 0.25) is 0 Å². The van der Waals surface area contributed by atoms with Crippen LogP contribution >= 0.6 is 27.3 Å². The summed E-state index contributed by atoms with van der Waals surface area (Å²) in [7, 11) is 0. The van der Waals surface area contributed by atoms with Gasteiger partial charge in [0.15, 0.2) is 0 Å². The molecular formula is C9H9BrN2OS. The van der Waals surface area contributed by atoms with Crippen LogP contribution in [0.4, 0.5) is 0 Å². The van der Waals surface area contributed by atoms with Crippen molar-refractivity contribution in [3.63, 3.8) is 0 Å². The predicted octanol–water partition coefficient (Wildman–Crippen LogP) is 2.86. The maximum absolute atomic E-state index is 6.02. The van der Waals surface area contributed by atoms with E-state index in [0.29, 0.717) is 0 Å². The zero-order valence-corrected chi connectivity index (χ0v) is 9.93. The number of aryl methyl sites for hydroxylation is 1. The Kier molecular flexibility index (Phi) is 2.71. The first kappa shape index (κ1) is 9.89. The van der Waals surface area contributed by atoms with Gasteiger partial charge in [-0.15, -0.1) is 11.3 Å². The quantitative estimate of drug-likeness (QED) is 0.915. The third kappa shape index (κ3) is 1.75. The molecule has 0 radical (unpaired) electrons. The summed E-state index contributed by atoms with van der Waals surface area (Å²) in [6.07, 6.45) is 3.41. The lowest BCUT2D eigenvalue weighted by Gasteiger charge is -2.05. The van der Waals surface area contributed by atoms with Gasteiger partial charge >= 0.3 is 0 Å². The second kappa shape index (κ2) is 3.84. The Labute approximate surface area is 94.1 Å². The van der Waals surface area contributed by atoms with Gasteiger partial charge in [0.05, 0.1) is 15.7 Å². The zero-order chi connectivity index (χ0) is 10.1. The van der Waals surface area contributed by atoms with Crippen LogP contribution in [-0.2, 0) is 0 Å². The number of nitrogens with two attached hydrogens (primary N) is 1. The summed E-state index contributed by atoms with van der Waals surface area (Å²) in [4.78, 5) is 5.17. The van der Waals surface area contributed by atoms with Crippen LogP contribution in [-0.4, -0.2) is 4.98 Å². The van der Waals surface area contributed by atoms with Gasteiger partial charge in [-0.1, -0.05) is 0 Å². The molecule has 0 spiro atoms. The molecule has 0 bridgehead atoms. The molecule has 0 aromatic carbocycles. The lowest BCUT2D eigenvalue weighted by molar-refractivity contribution is 0.489. The summed E-state index contributed by atoms with van der Waals surface area (Å²) in [6, 6.07) is 1.61. The average molecular weight is 273 g/mol. The molecule has 0 amide bonds. The fourth-order valence-corrected chi connectivity index (χ4v) is 2.41. The summed E-state index contributed by atoms with van der Waals surface area (Å²) in [5, 5.41) is 1.01. The zero-order valence-electron chi connectivity index (χ0n) is 7.53. The molecule has 0 aliphatic heterocycles. The van der Waals surface area contributed by atoms with Gasteiger partial charge in [0, 0.05) is 11.1 Å². The Morgan fingerprint density at radius 2 is 2.43 bits per heavy atom. The highest BCUT2D eigenvalue weighted by atomic mass is 79.9. The number of hydrogen-bond donors (Lipinski definition) is 1. The first-order valence-corrected chi connectivity index (χ1v) is 5.70. The molecule has 5 heteroatoms. The molecular weight excluding hydrogens is 264 g/mol. The minimum Gasteiger partial charge on any atom is -0.466 e. The topological polar surface area (TPSA) is 52.0 Å². The molecule has 0 fully saturated rings. The highest BCUT2D eigenvalue weighted by Gasteiger charge is 2.17. The summed E-state index contributed by atoms with van der Waals surface area (Å²) in [6.45, 7) is 1.96. The lowest BCUT2D eigenvalue weighted by atomic mass is 10.2. The Bertz CT molecular complexity index is 437. The highest BCUT2D eigenvalue weighted by Crippen LogP contribution is 2.30. The second-order valence-corrected chi connectivity index (χ2v) is 5.01. The van der Waals surface area contributed by atoms with Gasteiger partial charge in [0.25, 0.3) is 0 Å². The van der Waals surface area contributed by atoms with Crippen molar-refractivity contribution >= 4 is 27.3 Å². The van der Waals surface area contributed by atoms with E-state index in [2.05, 4.69) is 20.9 Å². The Hall–Kier alpha value is -0.650. The molecule has 14 heavy (non-hydrogen) atoms. The summed E-state index contributed by atoms with van der Waals surface area (Å²) < 4.78 is 6.20. The van der Waals surface area contributed by atoms with Crippen LogP contribution in [0.3, 0.4) is 0 Å². The molecule has 0 saturated heterocycles. The third-order valence-corrected chi connectivity index (χ3v) is 3.52. The minimum atomic E-state index is -0.231. The number of thiazole rings is 1. The Balaban J connectivity index is 2.33. The van der Waals surface area contributed by atoms with E-state index in [0.717, 1.165) is 20.1 Å². The molecule has 0 aliphatic carbocycles. The van der Waals surface area contributed by atoms with E-state index in [9.17, 15) is 0 Å². The van der Waals surface area contributed by atoms with E-state index in [4.69, 9.17) is 10.2 Å². The van der Waals surface area contributed by atoms with Crippen molar-refractivity contribution in [2.45, 2.75) is 13.0 Å². The number of halogens is 1. The highest BCUT2D eigenvalue weighted by molar-refractivity contribution is 9.10. The molecule has 2 rings (SSSR count). The molecule has 2 N–H and O–H groups in total. The maximum Gasteiger partial charge on any atom is 0.140 e. The van der Waals surface area contributed by atoms with Crippen LogP contribution in [0.5, 0.6) is 0 Å². The summed E-state index contributed by atoms with van der Waals surface area (Å²) >= 11 is 4.97. The predicted molar refractivity (Wildman–Crippen MR) is 59.3 cm³/mol. The normalized spacial score (nSPS) is 13.1. The fraction of sp³-hybridized carbons (Fsp3) is 0.222. The van der Waals surface area contributed by atoms with E-state index in [1.54, 1.807) is 23.8 Å². The molecule has 0 aliphatic rings. The van der Waals surface area contributed by atoms with Crippen molar-refractivity contribution in [2.24, 2.45) is 5.73 Å². The van der Waals surface area contributed by atoms with Crippen LogP contribution in [0.25, 0.3) is 0 Å². The molecule has 2 aromatic heterocycles. The van der Waals surface area contributed by atoms with Gasteiger partial charge in [-0.3, -0.25) is 0 Å². The van der Waals surface area contributed by atoms with Gasteiger partial charge in [-0.2, -0.15) is 0 Å². The molecule has 3 nitrogen and oxygen atoms in total. The van der Waals surface area contributed by atoms with E-state index in [1.807, 2.05) is 13.0 Å². The van der Waals surface area contributed by atoms with E-state index in [1.165, 1.54) is 0 Å². The van der Waals surface area contributed by atoms with Crippen molar-refractivity contribution in [3.8, 4) is 0 Å². The number of furan rings is 1. The van der Waals surface area contributed by atoms with Crippen molar-refractivity contribution in [3.05, 3.63) is 38.6 Å². The van der Waals surface area contributed by atoms with E-state index < -0.39 is 0 Å². The van der Waals surface area contributed by atoms with Crippen molar-refractivity contribution in [2.75, 3.05) is 0 Å². The van der Waals surface area contributed by atoms with Crippen molar-refractivity contribution in [1.29, 1.82) is 0 Å². The Morgan fingerprint density at radius 1 is 1.64 bits per heavy atom. The SMILES string of the molecule is Cc1ncc(C(N)c2occc2Br)s1. The first-order valence-electron chi connectivity index (χ1n) is 4.09. The van der Waals surface area contributed by atoms with E-state index >= 15 is 0 Å². The molecule has 1 unspecified atom stereocenters. The Morgan fingerprint density at radius 3 is 2.93 bits per heavy atom. The number of hydrogen-bond acceptors (Lipinski definition) is 4. The number of aromatic nitrogens is 1. The minimum absolute atomic E-state index is 0.231. The number of nitrogens with zero attached hydrogens (tertiary/aromatic N) is 1. The van der Waals surface area contributed by atoms with Gasteiger partial charge < -0.3 is 10.2 Å². The second-order valence-electron chi connectivity index (χ2n) is 2.89. The maximum atomic E-state index is 6.02. The number of rotatable bonds is 2. The van der Waals surface area contributed by atoms with Gasteiger partial charge in [0.1, 0.15) is 11.8 Å². The summed E-state index contributed by atoms with van der Waals surface area (Å²) in [5.74, 6) is 0.744. The fourth-order valence-electron chi connectivity index (χ4n) is 1.18. The molecule has 0 saturated carbocycles. The largest absolute Gasteiger partial charge is 0.466 e. The monoisotopic (exact) mass is 272 g/mol. The molecule has 2 aromatic rings. The standard InChI is InChI=1S/C9H9BrN2OS/c1-5-12-4-7(14-5)8(11)9-6(10)2-3-13-9/h2-4,8H,11H2,1H3. The van der Waals surface area contributed by atoms with Gasteiger partial charge in [-0.05, 0) is 28.9 Å². The van der Waals surface area contributed by atoms with Gasteiger partial charge in [0.2, 0.25) is 0 Å². The van der Waals surface area contributed by atoms with Crippen LogP contribution in [0, 0.1) is 6.92 Å². The van der Waals surface area contributed by atoms with E-state index in [-0.39, 0.29) is 6.04 Å². The van der Waals surface area contributed by atoms with Crippen molar-refractivity contribution < 1.29 is 4.42 Å². The van der Waals surface area contributed by atoms with Crippen molar-refractivity contribution in [1.82, 2.24) is 4.98 Å². The average Bonchev–Trinajstić information content (AvgIpc) is 2.73. The lowest BCUT2D eigenvalue weighted by Crippen LogP contribution is -2.09. The van der Waals surface area contributed by atoms with Crippen LogP contribution in [0.1, 0.15) is 21.7 Å². The van der Waals surface area contributed by atoms with Crippen LogP contribution < -0.4 is 5.73 Å². The third-order valence-electron chi connectivity index (χ3n) is 1.87. The first-order chi connectivity index (χ1) is 6.68. The molecule has 74 valence electrons. The molecule has 1 atom stereocenters.